The van der Waals surface area contributed by atoms with Gasteiger partial charge in [0.25, 0.3) is 0 Å². The van der Waals surface area contributed by atoms with Crippen molar-refractivity contribution in [3.8, 4) is 0 Å². The molecule has 19 heavy (non-hydrogen) atoms. The Bertz CT molecular complexity index is 643. The van der Waals surface area contributed by atoms with Gasteiger partial charge in [-0.15, -0.1) is 0 Å². The number of benzene rings is 1. The number of carbonyl (C=O) groups excluding carboxylic acids is 1. The summed E-state index contributed by atoms with van der Waals surface area (Å²) in [6.07, 6.45) is 0.704. The van der Waals surface area contributed by atoms with Crippen molar-refractivity contribution in [1.29, 1.82) is 0 Å². The fourth-order valence-electron chi connectivity index (χ4n) is 1.94. The lowest BCUT2D eigenvalue weighted by atomic mass is 10.1. The van der Waals surface area contributed by atoms with Gasteiger partial charge in [0.1, 0.15) is 11.3 Å². The molecule has 3 nitrogen and oxygen atoms in total. The summed E-state index contributed by atoms with van der Waals surface area (Å²) in [7, 11) is 1.35. The second-order valence-corrected chi connectivity index (χ2v) is 5.54. The van der Waals surface area contributed by atoms with Crippen molar-refractivity contribution in [2.45, 2.75) is 19.8 Å². The topological polar surface area (TPSA) is 39.2 Å². The first-order valence-corrected chi connectivity index (χ1v) is 6.91. The van der Waals surface area contributed by atoms with E-state index in [1.165, 1.54) is 13.2 Å². The molecule has 0 aliphatic carbocycles. The number of nitrogens with zero attached hydrogens (tertiary/aromatic N) is 1. The Kier molecular flexibility index (Phi) is 4.34. The van der Waals surface area contributed by atoms with Gasteiger partial charge in [-0.2, -0.15) is 0 Å². The van der Waals surface area contributed by atoms with Gasteiger partial charge in [-0.1, -0.05) is 0 Å². The normalized spacial score (nSPS) is 10.7. The number of ether oxygens (including phenoxy) is 1. The number of rotatable bonds is 3. The van der Waals surface area contributed by atoms with E-state index in [1.54, 1.807) is 0 Å². The summed E-state index contributed by atoms with van der Waals surface area (Å²) in [5, 5.41) is 0.811. The van der Waals surface area contributed by atoms with Crippen molar-refractivity contribution in [1.82, 2.24) is 4.98 Å². The number of halogens is 2. The van der Waals surface area contributed by atoms with Gasteiger partial charge < -0.3 is 4.74 Å². The predicted octanol–water partition coefficient (Wildman–Crippen LogP) is 3.39. The molecule has 2 aromatic rings. The average molecular weight is 373 g/mol. The molecular weight excluding hydrogens is 360 g/mol. The van der Waals surface area contributed by atoms with Gasteiger partial charge in [0, 0.05) is 21.1 Å². The molecule has 0 unspecified atom stereocenters. The molecule has 0 bridgehead atoms. The number of hydrogen-bond donors (Lipinski definition) is 0. The lowest BCUT2D eigenvalue weighted by Gasteiger charge is -2.07. The van der Waals surface area contributed by atoms with Crippen LogP contribution < -0.4 is 0 Å². The SMILES string of the molecule is COC(=O)CCc1cc(C)c2cc(I)cc(F)c2n1. The molecule has 0 spiro atoms. The molecule has 0 saturated carbocycles. The van der Waals surface area contributed by atoms with Gasteiger partial charge in [-0.3, -0.25) is 4.79 Å². The summed E-state index contributed by atoms with van der Waals surface area (Å²) in [6.45, 7) is 1.92. The highest BCUT2D eigenvalue weighted by Gasteiger charge is 2.10. The summed E-state index contributed by atoms with van der Waals surface area (Å²) >= 11 is 2.08. The minimum Gasteiger partial charge on any atom is -0.469 e. The van der Waals surface area contributed by atoms with Crippen LogP contribution in [0.2, 0.25) is 0 Å². The first kappa shape index (κ1) is 14.2. The Morgan fingerprint density at radius 1 is 1.42 bits per heavy atom. The maximum absolute atomic E-state index is 13.9. The second-order valence-electron chi connectivity index (χ2n) is 4.29. The molecule has 1 aromatic carbocycles. The minimum absolute atomic E-state index is 0.250. The van der Waals surface area contributed by atoms with Crippen LogP contribution in [-0.2, 0) is 16.0 Å². The lowest BCUT2D eigenvalue weighted by molar-refractivity contribution is -0.140. The van der Waals surface area contributed by atoms with Crippen molar-refractivity contribution in [2.24, 2.45) is 0 Å². The van der Waals surface area contributed by atoms with Crippen LogP contribution in [0.1, 0.15) is 17.7 Å². The third-order valence-corrected chi connectivity index (χ3v) is 3.53. The average Bonchev–Trinajstić information content (AvgIpc) is 2.37. The zero-order valence-electron chi connectivity index (χ0n) is 10.7. The summed E-state index contributed by atoms with van der Waals surface area (Å²) in [6, 6.07) is 5.26. The molecule has 0 atom stereocenters. The van der Waals surface area contributed by atoms with Crippen LogP contribution in [0.4, 0.5) is 4.39 Å². The minimum atomic E-state index is -0.329. The number of aryl methyl sites for hydroxylation is 2. The summed E-state index contributed by atoms with van der Waals surface area (Å²) in [4.78, 5) is 15.4. The number of methoxy groups -OCH3 is 1. The van der Waals surface area contributed by atoms with Crippen molar-refractivity contribution >= 4 is 39.5 Å². The maximum atomic E-state index is 13.9. The second kappa shape index (κ2) is 5.81. The number of esters is 1. The van der Waals surface area contributed by atoms with Crippen LogP contribution in [0, 0.1) is 16.3 Å². The molecule has 100 valence electrons. The van der Waals surface area contributed by atoms with Gasteiger partial charge in [-0.25, -0.2) is 9.37 Å². The number of carbonyl (C=O) groups is 1. The first-order valence-electron chi connectivity index (χ1n) is 5.83. The fourth-order valence-corrected chi connectivity index (χ4v) is 2.53. The molecule has 0 N–H and O–H groups in total. The van der Waals surface area contributed by atoms with Crippen molar-refractivity contribution in [3.63, 3.8) is 0 Å². The van der Waals surface area contributed by atoms with Gasteiger partial charge in [-0.05, 0) is 53.3 Å². The van der Waals surface area contributed by atoms with E-state index in [9.17, 15) is 9.18 Å². The monoisotopic (exact) mass is 373 g/mol. The number of hydrogen-bond acceptors (Lipinski definition) is 3. The van der Waals surface area contributed by atoms with Gasteiger partial charge in [0.15, 0.2) is 0 Å². The molecule has 0 fully saturated rings. The third-order valence-electron chi connectivity index (χ3n) is 2.90. The maximum Gasteiger partial charge on any atom is 0.305 e. The van der Waals surface area contributed by atoms with E-state index in [0.29, 0.717) is 17.6 Å². The Morgan fingerprint density at radius 2 is 2.16 bits per heavy atom. The van der Waals surface area contributed by atoms with Crippen LogP contribution in [-0.4, -0.2) is 18.1 Å². The molecular formula is C14H13FINO2. The van der Waals surface area contributed by atoms with E-state index >= 15 is 0 Å². The van der Waals surface area contributed by atoms with Gasteiger partial charge >= 0.3 is 5.97 Å². The third kappa shape index (κ3) is 3.20. The Morgan fingerprint density at radius 3 is 2.84 bits per heavy atom. The van der Waals surface area contributed by atoms with Crippen molar-refractivity contribution < 1.29 is 13.9 Å². The molecule has 1 heterocycles. The van der Waals surface area contributed by atoms with Crippen molar-refractivity contribution in [3.05, 3.63) is 38.8 Å². The van der Waals surface area contributed by atoms with Crippen LogP contribution in [0.25, 0.3) is 10.9 Å². The number of fused-ring (bicyclic) bond motifs is 1. The molecule has 0 aliphatic heterocycles. The summed E-state index contributed by atoms with van der Waals surface area (Å²) < 4.78 is 19.3. The highest BCUT2D eigenvalue weighted by Crippen LogP contribution is 2.23. The molecule has 0 aliphatic rings. The molecule has 2 rings (SSSR count). The largest absolute Gasteiger partial charge is 0.469 e. The first-order chi connectivity index (χ1) is 9.01. The van der Waals surface area contributed by atoms with Crippen LogP contribution in [0.3, 0.4) is 0 Å². The quantitative estimate of drug-likeness (QED) is 0.612. The van der Waals surface area contributed by atoms with E-state index in [0.717, 1.165) is 14.5 Å². The number of pyridine rings is 1. The van der Waals surface area contributed by atoms with Crippen LogP contribution in [0.15, 0.2) is 18.2 Å². The summed E-state index contributed by atoms with van der Waals surface area (Å²) in [5.74, 6) is -0.618. The predicted molar refractivity (Wildman–Crippen MR) is 79.5 cm³/mol. The lowest BCUT2D eigenvalue weighted by Crippen LogP contribution is -2.04. The van der Waals surface area contributed by atoms with Crippen molar-refractivity contribution in [2.75, 3.05) is 7.11 Å². The Hall–Kier alpha value is -1.24. The highest BCUT2D eigenvalue weighted by molar-refractivity contribution is 14.1. The van der Waals surface area contributed by atoms with E-state index in [4.69, 9.17) is 0 Å². The molecule has 5 heteroatoms. The van der Waals surface area contributed by atoms with E-state index in [2.05, 4.69) is 32.3 Å². The van der Waals surface area contributed by atoms with E-state index < -0.39 is 0 Å². The van der Waals surface area contributed by atoms with E-state index in [-0.39, 0.29) is 18.2 Å². The van der Waals surface area contributed by atoms with E-state index in [1.807, 2.05) is 19.1 Å². The molecule has 0 amide bonds. The summed E-state index contributed by atoms with van der Waals surface area (Å²) in [5.41, 5.74) is 2.03. The smallest absolute Gasteiger partial charge is 0.305 e. The highest BCUT2D eigenvalue weighted by atomic mass is 127. The molecule has 1 aromatic heterocycles. The fraction of sp³-hybridized carbons (Fsp3) is 0.286. The molecule has 0 radical (unpaired) electrons. The molecule has 0 saturated heterocycles. The zero-order chi connectivity index (χ0) is 14.0. The van der Waals surface area contributed by atoms with Gasteiger partial charge in [0.05, 0.1) is 13.5 Å². The van der Waals surface area contributed by atoms with Gasteiger partial charge in [0.2, 0.25) is 0 Å². The Labute approximate surface area is 124 Å². The van der Waals surface area contributed by atoms with Crippen LogP contribution >= 0.6 is 22.6 Å². The zero-order valence-corrected chi connectivity index (χ0v) is 12.8. The van der Waals surface area contributed by atoms with Crippen LogP contribution in [0.5, 0.6) is 0 Å². The Balaban J connectivity index is 2.41. The number of aromatic nitrogens is 1. The standard InChI is InChI=1S/C14H13FINO2/c1-8-5-10(3-4-13(18)19-2)17-14-11(8)6-9(16)7-12(14)15/h5-7H,3-4H2,1-2H3.